The second-order valence-corrected chi connectivity index (χ2v) is 6.04. The normalized spacial score (nSPS) is 9.89. The van der Waals surface area contributed by atoms with E-state index in [-0.39, 0.29) is 18.9 Å². The van der Waals surface area contributed by atoms with E-state index in [1.54, 1.807) is 31.4 Å². The van der Waals surface area contributed by atoms with Crippen molar-refractivity contribution >= 4 is 12.0 Å². The van der Waals surface area contributed by atoms with Gasteiger partial charge in [-0.25, -0.2) is 10.2 Å². The highest BCUT2D eigenvalue weighted by Crippen LogP contribution is 2.11. The Morgan fingerprint density at radius 1 is 0.964 bits per heavy atom. The molecule has 0 fully saturated rings. The molecule has 2 aromatic rings. The van der Waals surface area contributed by atoms with E-state index in [0.29, 0.717) is 12.2 Å². The highest BCUT2D eigenvalue weighted by Gasteiger charge is 2.07. The van der Waals surface area contributed by atoms with E-state index >= 15 is 0 Å². The summed E-state index contributed by atoms with van der Waals surface area (Å²) in [6.07, 6.45) is 0.136. The Labute approximate surface area is 164 Å². The van der Waals surface area contributed by atoms with Gasteiger partial charge < -0.3 is 20.2 Å². The van der Waals surface area contributed by atoms with Gasteiger partial charge in [-0.2, -0.15) is 0 Å². The Bertz CT molecular complexity index is 776. The first kappa shape index (κ1) is 20.8. The van der Waals surface area contributed by atoms with E-state index in [1.165, 1.54) is 0 Å². The molecule has 2 amide bonds. The van der Waals surface area contributed by atoms with Gasteiger partial charge in [0, 0.05) is 12.2 Å². The summed E-state index contributed by atoms with van der Waals surface area (Å²) in [5.74, 6) is 0.551. The molecule has 3 N–H and O–H groups in total. The molecule has 148 valence electrons. The second kappa shape index (κ2) is 11.3. The van der Waals surface area contributed by atoms with Crippen molar-refractivity contribution in [2.45, 2.75) is 19.4 Å². The Morgan fingerprint density at radius 2 is 1.68 bits per heavy atom. The summed E-state index contributed by atoms with van der Waals surface area (Å²) in [5.41, 5.74) is 7.26. The van der Waals surface area contributed by atoms with E-state index in [4.69, 9.17) is 9.47 Å². The average Bonchev–Trinajstić information content (AvgIpc) is 2.72. The molecule has 0 aliphatic heterocycles. The van der Waals surface area contributed by atoms with Crippen molar-refractivity contribution in [1.82, 2.24) is 16.2 Å². The van der Waals surface area contributed by atoms with Crippen LogP contribution in [0.5, 0.6) is 5.75 Å². The number of benzene rings is 2. The van der Waals surface area contributed by atoms with Gasteiger partial charge >= 0.3 is 6.09 Å². The SMILES string of the molecule is C=C(CC(=O)NCCc1ccccc1)NNC(=O)OCc1ccc(OC)cc1. The van der Waals surface area contributed by atoms with E-state index in [9.17, 15) is 9.59 Å². The predicted octanol–water partition coefficient (Wildman–Crippen LogP) is 2.69. The van der Waals surface area contributed by atoms with Crippen molar-refractivity contribution in [3.05, 3.63) is 78.0 Å². The molecule has 0 unspecified atom stereocenters. The first-order chi connectivity index (χ1) is 13.6. The molecule has 0 aliphatic rings. The number of amides is 2. The van der Waals surface area contributed by atoms with Crippen LogP contribution >= 0.6 is 0 Å². The molecule has 2 aromatic carbocycles. The maximum atomic E-state index is 11.9. The molecule has 0 heterocycles. The highest BCUT2D eigenvalue weighted by atomic mass is 16.6. The van der Waals surface area contributed by atoms with Crippen molar-refractivity contribution in [1.29, 1.82) is 0 Å². The topological polar surface area (TPSA) is 88.7 Å². The Balaban J connectivity index is 1.58. The summed E-state index contributed by atoms with van der Waals surface area (Å²) < 4.78 is 10.1. The average molecular weight is 383 g/mol. The fourth-order valence-electron chi connectivity index (χ4n) is 2.34. The predicted molar refractivity (Wildman–Crippen MR) is 106 cm³/mol. The van der Waals surface area contributed by atoms with E-state index in [2.05, 4.69) is 22.7 Å². The standard InChI is InChI=1S/C21H25N3O4/c1-16(14-20(25)22-13-12-17-6-4-3-5-7-17)23-24-21(26)28-15-18-8-10-19(27-2)11-9-18/h3-11,23H,1,12-15H2,2H3,(H,22,25)(H,24,26). The van der Waals surface area contributed by atoms with Crippen LogP contribution in [0.1, 0.15) is 17.5 Å². The number of carbonyl (C=O) groups excluding carboxylic acids is 2. The molecule has 7 heteroatoms. The number of hydrogen-bond acceptors (Lipinski definition) is 5. The lowest BCUT2D eigenvalue weighted by molar-refractivity contribution is -0.120. The van der Waals surface area contributed by atoms with Crippen LogP contribution in [-0.4, -0.2) is 25.7 Å². The lowest BCUT2D eigenvalue weighted by Crippen LogP contribution is -2.38. The monoisotopic (exact) mass is 383 g/mol. The molecular formula is C21H25N3O4. The number of methoxy groups -OCH3 is 1. The smallest absolute Gasteiger partial charge is 0.426 e. The van der Waals surface area contributed by atoms with Gasteiger partial charge in [0.15, 0.2) is 0 Å². The van der Waals surface area contributed by atoms with Gasteiger partial charge in [-0.05, 0) is 29.7 Å². The van der Waals surface area contributed by atoms with E-state index < -0.39 is 6.09 Å². The fraction of sp³-hybridized carbons (Fsp3) is 0.238. The van der Waals surface area contributed by atoms with E-state index in [0.717, 1.165) is 23.3 Å². The second-order valence-electron chi connectivity index (χ2n) is 6.04. The molecule has 0 atom stereocenters. The van der Waals surface area contributed by atoms with Crippen LogP contribution in [0.3, 0.4) is 0 Å². The summed E-state index contributed by atoms with van der Waals surface area (Å²) in [6, 6.07) is 17.1. The molecule has 28 heavy (non-hydrogen) atoms. The minimum absolute atomic E-state index is 0.0492. The fourth-order valence-corrected chi connectivity index (χ4v) is 2.34. The summed E-state index contributed by atoms with van der Waals surface area (Å²) in [5, 5.41) is 2.81. The number of hydrazine groups is 1. The van der Waals surface area contributed by atoms with Gasteiger partial charge in [-0.15, -0.1) is 0 Å². The van der Waals surface area contributed by atoms with Crippen LogP contribution in [0.2, 0.25) is 0 Å². The zero-order chi connectivity index (χ0) is 20.2. The summed E-state index contributed by atoms with van der Waals surface area (Å²) >= 11 is 0. The molecule has 0 saturated heterocycles. The first-order valence-corrected chi connectivity index (χ1v) is 8.87. The number of carbonyl (C=O) groups is 2. The van der Waals surface area contributed by atoms with Crippen molar-refractivity contribution in [3.63, 3.8) is 0 Å². The van der Waals surface area contributed by atoms with Crippen LogP contribution < -0.4 is 20.9 Å². The maximum Gasteiger partial charge on any atom is 0.426 e. The molecule has 0 saturated carbocycles. The lowest BCUT2D eigenvalue weighted by Gasteiger charge is -2.12. The largest absolute Gasteiger partial charge is 0.497 e. The minimum atomic E-state index is -0.665. The van der Waals surface area contributed by atoms with Crippen molar-refractivity contribution < 1.29 is 19.1 Å². The molecule has 0 aliphatic carbocycles. The van der Waals surface area contributed by atoms with Gasteiger partial charge in [0.1, 0.15) is 12.4 Å². The van der Waals surface area contributed by atoms with E-state index in [1.807, 2.05) is 30.3 Å². The molecule has 0 radical (unpaired) electrons. The van der Waals surface area contributed by atoms with Crippen LogP contribution in [0.15, 0.2) is 66.9 Å². The molecule has 0 spiro atoms. The molecule has 0 bridgehead atoms. The molecule has 2 rings (SSSR count). The lowest BCUT2D eigenvalue weighted by atomic mass is 10.1. The van der Waals surface area contributed by atoms with Gasteiger partial charge in [0.2, 0.25) is 5.91 Å². The Kier molecular flexibility index (Phi) is 8.39. The van der Waals surface area contributed by atoms with Crippen LogP contribution in [-0.2, 0) is 22.6 Å². The number of ether oxygens (including phenoxy) is 2. The van der Waals surface area contributed by atoms with Crippen molar-refractivity contribution in [2.75, 3.05) is 13.7 Å². The van der Waals surface area contributed by atoms with Gasteiger partial charge in [-0.1, -0.05) is 49.0 Å². The Hall–Kier alpha value is -3.48. The van der Waals surface area contributed by atoms with Crippen LogP contribution in [0.25, 0.3) is 0 Å². The zero-order valence-corrected chi connectivity index (χ0v) is 15.9. The number of nitrogens with one attached hydrogen (secondary N) is 3. The number of rotatable bonds is 10. The Morgan fingerprint density at radius 3 is 2.36 bits per heavy atom. The molecule has 0 aromatic heterocycles. The van der Waals surface area contributed by atoms with Gasteiger partial charge in [-0.3, -0.25) is 4.79 Å². The van der Waals surface area contributed by atoms with Gasteiger partial charge in [0.05, 0.1) is 13.5 Å². The minimum Gasteiger partial charge on any atom is -0.497 e. The third-order valence-corrected chi connectivity index (χ3v) is 3.82. The highest BCUT2D eigenvalue weighted by molar-refractivity contribution is 5.78. The third-order valence-electron chi connectivity index (χ3n) is 3.82. The number of hydrogen-bond donors (Lipinski definition) is 3. The molecule has 7 nitrogen and oxygen atoms in total. The maximum absolute atomic E-state index is 11.9. The molecular weight excluding hydrogens is 358 g/mol. The third kappa shape index (κ3) is 7.82. The summed E-state index contributed by atoms with van der Waals surface area (Å²) in [4.78, 5) is 23.6. The van der Waals surface area contributed by atoms with Crippen LogP contribution in [0.4, 0.5) is 4.79 Å². The summed E-state index contributed by atoms with van der Waals surface area (Å²) in [6.45, 7) is 4.36. The van der Waals surface area contributed by atoms with Crippen LogP contribution in [0, 0.1) is 0 Å². The quantitative estimate of drug-likeness (QED) is 0.549. The first-order valence-electron chi connectivity index (χ1n) is 8.87. The van der Waals surface area contributed by atoms with Crippen molar-refractivity contribution in [2.24, 2.45) is 0 Å². The van der Waals surface area contributed by atoms with Crippen molar-refractivity contribution in [3.8, 4) is 5.75 Å². The van der Waals surface area contributed by atoms with Gasteiger partial charge in [0.25, 0.3) is 0 Å². The summed E-state index contributed by atoms with van der Waals surface area (Å²) in [7, 11) is 1.58. The zero-order valence-electron chi connectivity index (χ0n) is 15.9.